The van der Waals surface area contributed by atoms with Crippen LogP contribution in [0.1, 0.15) is 5.56 Å². The van der Waals surface area contributed by atoms with Gasteiger partial charge in [-0.05, 0) is 46.8 Å². The van der Waals surface area contributed by atoms with Gasteiger partial charge in [0.2, 0.25) is 0 Å². The highest BCUT2D eigenvalue weighted by molar-refractivity contribution is 9.10. The highest BCUT2D eigenvalue weighted by Gasteiger charge is 2.05. The molecule has 0 radical (unpaired) electrons. The summed E-state index contributed by atoms with van der Waals surface area (Å²) in [5, 5.41) is 3.89. The molecule has 1 aromatic carbocycles. The molecule has 2 rings (SSSR count). The van der Waals surface area contributed by atoms with Crippen LogP contribution in [0.25, 0.3) is 0 Å². The van der Waals surface area contributed by atoms with E-state index >= 15 is 0 Å². The van der Waals surface area contributed by atoms with Crippen LogP contribution in [0.4, 0.5) is 17.3 Å². The lowest BCUT2D eigenvalue weighted by molar-refractivity contribution is 0.984. The molecule has 3 N–H and O–H groups in total. The van der Waals surface area contributed by atoms with Crippen LogP contribution in [0, 0.1) is 6.92 Å². The number of hydrogen-bond donors (Lipinski definition) is 2. The molecule has 0 saturated heterocycles. The Morgan fingerprint density at radius 3 is 2.78 bits per heavy atom. The van der Waals surface area contributed by atoms with Crippen molar-refractivity contribution in [1.82, 2.24) is 9.97 Å². The molecule has 6 heteroatoms. The predicted molar refractivity (Wildman–Crippen MR) is 80.4 cm³/mol. The van der Waals surface area contributed by atoms with Crippen molar-refractivity contribution in [2.24, 2.45) is 0 Å². The molecule has 94 valence electrons. The van der Waals surface area contributed by atoms with Crippen molar-refractivity contribution in [1.29, 1.82) is 0 Å². The number of nitrogen functional groups attached to an aromatic ring is 1. The quantitative estimate of drug-likeness (QED) is 0.667. The predicted octanol–water partition coefficient (Wildman–Crippen LogP) is 3.60. The molecule has 2 aromatic rings. The molecule has 0 aliphatic carbocycles. The highest BCUT2D eigenvalue weighted by atomic mass is 79.9. The van der Waals surface area contributed by atoms with Gasteiger partial charge < -0.3 is 11.1 Å². The number of benzene rings is 1. The first-order chi connectivity index (χ1) is 8.58. The van der Waals surface area contributed by atoms with Gasteiger partial charge in [0.05, 0.1) is 5.69 Å². The van der Waals surface area contributed by atoms with E-state index in [0.29, 0.717) is 16.8 Å². The van der Waals surface area contributed by atoms with Gasteiger partial charge in [-0.3, -0.25) is 0 Å². The summed E-state index contributed by atoms with van der Waals surface area (Å²) in [5.74, 6) is 1.15. The van der Waals surface area contributed by atoms with E-state index in [2.05, 4.69) is 31.2 Å². The summed E-state index contributed by atoms with van der Waals surface area (Å²) in [6.07, 6.45) is 1.92. The third-order valence-corrected chi connectivity index (χ3v) is 3.53. The third-order valence-electron chi connectivity index (χ3n) is 2.29. The average molecular weight is 325 g/mol. The minimum Gasteiger partial charge on any atom is -0.383 e. The number of rotatable bonds is 3. The Bertz CT molecular complexity index is 574. The van der Waals surface area contributed by atoms with E-state index in [-0.39, 0.29) is 0 Å². The fraction of sp³-hybridized carbons (Fsp3) is 0.167. The monoisotopic (exact) mass is 324 g/mol. The van der Waals surface area contributed by atoms with Gasteiger partial charge in [0, 0.05) is 10.5 Å². The number of nitrogens with one attached hydrogen (secondary N) is 1. The zero-order chi connectivity index (χ0) is 13.1. The average Bonchev–Trinajstić information content (AvgIpc) is 2.33. The lowest BCUT2D eigenvalue weighted by Gasteiger charge is -2.10. The molecule has 1 aromatic heterocycles. The maximum atomic E-state index is 5.74. The van der Waals surface area contributed by atoms with Crippen LogP contribution in [-0.2, 0) is 0 Å². The number of aryl methyl sites for hydroxylation is 1. The first kappa shape index (κ1) is 13.2. The Morgan fingerprint density at radius 2 is 2.06 bits per heavy atom. The zero-order valence-corrected chi connectivity index (χ0v) is 12.5. The molecular weight excluding hydrogens is 312 g/mol. The maximum absolute atomic E-state index is 5.74. The zero-order valence-electron chi connectivity index (χ0n) is 10.1. The molecule has 0 amide bonds. The van der Waals surface area contributed by atoms with Gasteiger partial charge in [0.25, 0.3) is 0 Å². The van der Waals surface area contributed by atoms with Gasteiger partial charge in [-0.25, -0.2) is 9.97 Å². The van der Waals surface area contributed by atoms with E-state index in [4.69, 9.17) is 5.73 Å². The summed E-state index contributed by atoms with van der Waals surface area (Å²) in [7, 11) is 0. The van der Waals surface area contributed by atoms with Crippen LogP contribution in [-0.4, -0.2) is 16.2 Å². The number of aromatic nitrogens is 2. The summed E-state index contributed by atoms with van der Waals surface area (Å²) in [6.45, 7) is 2.04. The fourth-order valence-electron chi connectivity index (χ4n) is 1.47. The lowest BCUT2D eigenvalue weighted by atomic mass is 10.2. The second kappa shape index (κ2) is 5.58. The molecule has 4 nitrogen and oxygen atoms in total. The summed E-state index contributed by atoms with van der Waals surface area (Å²) in [5.41, 5.74) is 7.87. The molecule has 0 spiro atoms. The van der Waals surface area contributed by atoms with E-state index < -0.39 is 0 Å². The molecule has 0 fully saturated rings. The fourth-order valence-corrected chi connectivity index (χ4v) is 2.20. The molecule has 1 heterocycles. The standard InChI is InChI=1S/C12H13BrN4S/c1-7-3-4-8(13)9(5-7)15-11-6-10(14)16-12(17-11)18-2/h3-6H,1-2H3,(H3,14,15,16,17). The second-order valence-electron chi connectivity index (χ2n) is 3.77. The molecule has 0 unspecified atom stereocenters. The lowest BCUT2D eigenvalue weighted by Crippen LogP contribution is -2.00. The number of anilines is 3. The summed E-state index contributed by atoms with van der Waals surface area (Å²) in [4.78, 5) is 8.47. The van der Waals surface area contributed by atoms with Crippen LogP contribution in [0.3, 0.4) is 0 Å². The van der Waals surface area contributed by atoms with Crippen molar-refractivity contribution in [2.45, 2.75) is 12.1 Å². The van der Waals surface area contributed by atoms with E-state index in [1.807, 2.05) is 31.4 Å². The molecule has 0 saturated carbocycles. The van der Waals surface area contributed by atoms with Gasteiger partial charge >= 0.3 is 0 Å². The Balaban J connectivity index is 2.33. The first-order valence-electron chi connectivity index (χ1n) is 5.30. The van der Waals surface area contributed by atoms with Gasteiger partial charge in [-0.2, -0.15) is 0 Å². The molecule has 0 aliphatic heterocycles. The Morgan fingerprint density at radius 1 is 1.28 bits per heavy atom. The Hall–Kier alpha value is -1.27. The van der Waals surface area contributed by atoms with Crippen molar-refractivity contribution in [3.8, 4) is 0 Å². The van der Waals surface area contributed by atoms with Crippen LogP contribution >= 0.6 is 27.7 Å². The molecule has 18 heavy (non-hydrogen) atoms. The number of hydrogen-bond acceptors (Lipinski definition) is 5. The van der Waals surface area contributed by atoms with Crippen molar-refractivity contribution >= 4 is 45.0 Å². The van der Waals surface area contributed by atoms with Crippen LogP contribution in [0.15, 0.2) is 33.9 Å². The summed E-state index contributed by atoms with van der Waals surface area (Å²) in [6, 6.07) is 7.80. The van der Waals surface area contributed by atoms with E-state index in [1.165, 1.54) is 17.3 Å². The molecular formula is C12H13BrN4S. The van der Waals surface area contributed by atoms with Crippen molar-refractivity contribution in [3.63, 3.8) is 0 Å². The van der Waals surface area contributed by atoms with Gasteiger partial charge in [-0.15, -0.1) is 0 Å². The van der Waals surface area contributed by atoms with E-state index in [0.717, 1.165) is 10.2 Å². The van der Waals surface area contributed by atoms with E-state index in [1.54, 1.807) is 6.07 Å². The number of halogens is 1. The topological polar surface area (TPSA) is 63.8 Å². The molecule has 0 atom stereocenters. The molecule has 0 aliphatic rings. The summed E-state index contributed by atoms with van der Waals surface area (Å²) >= 11 is 4.96. The van der Waals surface area contributed by atoms with E-state index in [9.17, 15) is 0 Å². The highest BCUT2D eigenvalue weighted by Crippen LogP contribution is 2.27. The SMILES string of the molecule is CSc1nc(N)cc(Nc2cc(C)ccc2Br)n1. The van der Waals surface area contributed by atoms with Gasteiger partial charge in [0.15, 0.2) is 5.16 Å². The number of nitrogens with zero attached hydrogens (tertiary/aromatic N) is 2. The van der Waals surface area contributed by atoms with Crippen molar-refractivity contribution in [3.05, 3.63) is 34.3 Å². The Kier molecular flexibility index (Phi) is 4.08. The second-order valence-corrected chi connectivity index (χ2v) is 5.40. The smallest absolute Gasteiger partial charge is 0.191 e. The minimum absolute atomic E-state index is 0.459. The summed E-state index contributed by atoms with van der Waals surface area (Å²) < 4.78 is 0.982. The minimum atomic E-state index is 0.459. The first-order valence-corrected chi connectivity index (χ1v) is 7.32. The third kappa shape index (κ3) is 3.14. The van der Waals surface area contributed by atoms with Crippen LogP contribution in [0.5, 0.6) is 0 Å². The van der Waals surface area contributed by atoms with Crippen LogP contribution < -0.4 is 11.1 Å². The molecule has 0 bridgehead atoms. The number of thioether (sulfide) groups is 1. The van der Waals surface area contributed by atoms with Crippen molar-refractivity contribution < 1.29 is 0 Å². The Labute approximate surface area is 119 Å². The largest absolute Gasteiger partial charge is 0.383 e. The number of nitrogens with two attached hydrogens (primary N) is 1. The van der Waals surface area contributed by atoms with Gasteiger partial charge in [0.1, 0.15) is 11.6 Å². The van der Waals surface area contributed by atoms with Gasteiger partial charge in [-0.1, -0.05) is 17.8 Å². The normalized spacial score (nSPS) is 10.4. The maximum Gasteiger partial charge on any atom is 0.191 e. The van der Waals surface area contributed by atoms with Crippen molar-refractivity contribution in [2.75, 3.05) is 17.3 Å². The van der Waals surface area contributed by atoms with Crippen LogP contribution in [0.2, 0.25) is 0 Å².